The zero-order valence-electron chi connectivity index (χ0n) is 22.2. The summed E-state index contributed by atoms with van der Waals surface area (Å²) >= 11 is 0. The van der Waals surface area contributed by atoms with Crippen molar-refractivity contribution < 1.29 is 5.48 Å². The van der Waals surface area contributed by atoms with Gasteiger partial charge in [0.25, 0.3) is 0 Å². The molecule has 0 spiro atoms. The fourth-order valence-corrected chi connectivity index (χ4v) is 4.34. The highest BCUT2D eigenvalue weighted by molar-refractivity contribution is 6.92. The summed E-state index contributed by atoms with van der Waals surface area (Å²) in [5.41, 5.74) is 5.65. The van der Waals surface area contributed by atoms with Crippen molar-refractivity contribution >= 4 is 31.7 Å². The number of nitrogens with one attached hydrogen (secondary N) is 1. The Morgan fingerprint density at radius 3 is 1.77 bits per heavy atom. The SMILES string of the molecule is CC(C)(C)c1cc2[nH]c3ccccc3c2cc1C(C)(C)C.CCC=C1N=c2ccccc2=N1.O.P. The van der Waals surface area contributed by atoms with Gasteiger partial charge in [-0.15, -0.1) is 0 Å². The number of allylic oxidation sites excluding steroid dienone is 1. The van der Waals surface area contributed by atoms with Crippen LogP contribution in [0.1, 0.15) is 66.0 Å². The molecule has 5 heteroatoms. The molecule has 186 valence electrons. The van der Waals surface area contributed by atoms with E-state index >= 15 is 0 Å². The van der Waals surface area contributed by atoms with Crippen molar-refractivity contribution in [3.05, 3.63) is 94.4 Å². The summed E-state index contributed by atoms with van der Waals surface area (Å²) in [5, 5.41) is 4.62. The maximum atomic E-state index is 4.34. The quantitative estimate of drug-likeness (QED) is 0.303. The van der Waals surface area contributed by atoms with Gasteiger partial charge in [0.1, 0.15) is 5.82 Å². The average molecular weight is 490 g/mol. The van der Waals surface area contributed by atoms with Crippen LogP contribution < -0.4 is 10.7 Å². The predicted octanol–water partition coefficient (Wildman–Crippen LogP) is 6.34. The number of para-hydroxylation sites is 3. The van der Waals surface area contributed by atoms with Gasteiger partial charge in [-0.2, -0.15) is 9.90 Å². The normalized spacial score (nSPS) is 12.5. The van der Waals surface area contributed by atoms with E-state index in [-0.39, 0.29) is 26.2 Å². The van der Waals surface area contributed by atoms with Crippen LogP contribution in [-0.4, -0.2) is 10.5 Å². The molecule has 1 aromatic heterocycles. The van der Waals surface area contributed by atoms with Gasteiger partial charge in [-0.3, -0.25) is 0 Å². The number of aromatic nitrogens is 1. The van der Waals surface area contributed by atoms with Gasteiger partial charge in [0.05, 0.1) is 10.7 Å². The molecule has 3 aromatic carbocycles. The topological polar surface area (TPSA) is 72.0 Å². The molecule has 0 saturated heterocycles. The third-order valence-electron chi connectivity index (χ3n) is 6.00. The number of H-pyrrole nitrogens is 1. The Kier molecular flexibility index (Phi) is 8.81. The van der Waals surface area contributed by atoms with Gasteiger partial charge in [-0.05, 0) is 64.8 Å². The van der Waals surface area contributed by atoms with E-state index in [2.05, 4.69) is 99.8 Å². The first-order valence-electron chi connectivity index (χ1n) is 11.9. The fourth-order valence-electron chi connectivity index (χ4n) is 4.34. The molecule has 1 aliphatic heterocycles. The summed E-state index contributed by atoms with van der Waals surface area (Å²) in [6.07, 6.45) is 3.01. The van der Waals surface area contributed by atoms with E-state index in [4.69, 9.17) is 0 Å². The second-order valence-electron chi connectivity index (χ2n) is 10.8. The summed E-state index contributed by atoms with van der Waals surface area (Å²) in [5.74, 6) is 0.846. The van der Waals surface area contributed by atoms with Crippen LogP contribution in [0.5, 0.6) is 0 Å². The van der Waals surface area contributed by atoms with E-state index < -0.39 is 0 Å². The molecule has 4 nitrogen and oxygen atoms in total. The first-order chi connectivity index (χ1) is 15.6. The van der Waals surface area contributed by atoms with Crippen LogP contribution in [0.25, 0.3) is 21.8 Å². The maximum absolute atomic E-state index is 4.34. The second kappa shape index (κ2) is 10.8. The molecule has 1 aliphatic rings. The molecule has 35 heavy (non-hydrogen) atoms. The highest BCUT2D eigenvalue weighted by Crippen LogP contribution is 2.38. The Morgan fingerprint density at radius 2 is 1.23 bits per heavy atom. The number of rotatable bonds is 1. The van der Waals surface area contributed by atoms with Crippen molar-refractivity contribution in [2.24, 2.45) is 9.98 Å². The van der Waals surface area contributed by atoms with Crippen LogP contribution in [0, 0.1) is 0 Å². The van der Waals surface area contributed by atoms with Gasteiger partial charge in [0.15, 0.2) is 0 Å². The minimum atomic E-state index is 0. The Bertz CT molecular complexity index is 1430. The zero-order valence-corrected chi connectivity index (χ0v) is 23.6. The van der Waals surface area contributed by atoms with E-state index in [0.29, 0.717) is 0 Å². The number of fused-ring (bicyclic) bond motifs is 4. The Morgan fingerprint density at radius 1 is 0.714 bits per heavy atom. The summed E-state index contributed by atoms with van der Waals surface area (Å²) in [4.78, 5) is 12.2. The number of nitrogens with zero attached hydrogens (tertiary/aromatic N) is 2. The lowest BCUT2D eigenvalue weighted by molar-refractivity contribution is 0.531. The molecule has 0 bridgehead atoms. The lowest BCUT2D eigenvalue weighted by atomic mass is 9.75. The molecule has 2 heterocycles. The van der Waals surface area contributed by atoms with Crippen LogP contribution in [0.2, 0.25) is 0 Å². The van der Waals surface area contributed by atoms with Crippen molar-refractivity contribution in [2.75, 3.05) is 0 Å². The molecule has 0 radical (unpaired) electrons. The third-order valence-corrected chi connectivity index (χ3v) is 6.00. The minimum Gasteiger partial charge on any atom is -0.412 e. The van der Waals surface area contributed by atoms with E-state index in [1.165, 1.54) is 32.9 Å². The van der Waals surface area contributed by atoms with Crippen molar-refractivity contribution in [1.82, 2.24) is 4.98 Å². The van der Waals surface area contributed by atoms with E-state index in [1.54, 1.807) is 0 Å². The number of hydrogen-bond acceptors (Lipinski definition) is 2. The minimum absolute atomic E-state index is 0. The van der Waals surface area contributed by atoms with Gasteiger partial charge >= 0.3 is 0 Å². The summed E-state index contributed by atoms with van der Waals surface area (Å²) in [6, 6.07) is 21.2. The Hall–Kier alpha value is -2.81. The molecule has 4 aromatic rings. The first-order valence-corrected chi connectivity index (χ1v) is 11.9. The largest absolute Gasteiger partial charge is 0.412 e. The molecular weight excluding hydrogens is 449 g/mol. The highest BCUT2D eigenvalue weighted by atomic mass is 31.0. The Labute approximate surface area is 212 Å². The standard InChI is InChI=1S/C20H25N.C10H10N2.H2O.H3P/c1-19(2,3)15-11-14-13-9-7-8-10-17(13)21-18(14)12-16(15)20(4,5)6;1-2-5-10-11-8-6-3-4-7-9(8)12-10;;/h7-12,21H,1-6H3;3-7H,2H2,1H3;1H2;1H3. The number of hydrogen-bond donors (Lipinski definition) is 1. The van der Waals surface area contributed by atoms with Crippen LogP contribution >= 0.6 is 9.90 Å². The van der Waals surface area contributed by atoms with E-state index in [1.807, 2.05) is 30.3 Å². The van der Waals surface area contributed by atoms with E-state index in [0.717, 1.165) is 23.0 Å². The van der Waals surface area contributed by atoms with Crippen LogP contribution in [0.4, 0.5) is 0 Å². The highest BCUT2D eigenvalue weighted by Gasteiger charge is 2.26. The molecule has 0 saturated carbocycles. The third kappa shape index (κ3) is 6.07. The van der Waals surface area contributed by atoms with Crippen LogP contribution in [0.15, 0.2) is 82.5 Å². The predicted molar refractivity (Wildman–Crippen MR) is 155 cm³/mol. The first kappa shape index (κ1) is 28.4. The van der Waals surface area contributed by atoms with Gasteiger partial charge in [0, 0.05) is 21.8 Å². The molecule has 5 rings (SSSR count). The molecule has 0 amide bonds. The monoisotopic (exact) mass is 489 g/mol. The lowest BCUT2D eigenvalue weighted by Gasteiger charge is -2.30. The van der Waals surface area contributed by atoms with Gasteiger partial charge in [-0.1, -0.05) is 78.8 Å². The van der Waals surface area contributed by atoms with Crippen LogP contribution in [0.3, 0.4) is 0 Å². The summed E-state index contributed by atoms with van der Waals surface area (Å²) in [6.45, 7) is 15.9. The molecule has 1 unspecified atom stereocenters. The van der Waals surface area contributed by atoms with Crippen LogP contribution in [-0.2, 0) is 10.8 Å². The average Bonchev–Trinajstić information content (AvgIpc) is 3.32. The Balaban J connectivity index is 0.000000265. The molecule has 1 atom stereocenters. The summed E-state index contributed by atoms with van der Waals surface area (Å²) < 4.78 is 0. The molecule has 3 N–H and O–H groups in total. The van der Waals surface area contributed by atoms with Crippen molar-refractivity contribution in [1.29, 1.82) is 0 Å². The van der Waals surface area contributed by atoms with Gasteiger partial charge in [0.2, 0.25) is 0 Å². The van der Waals surface area contributed by atoms with Gasteiger partial charge in [-0.25, -0.2) is 9.98 Å². The molecular formula is C30H40N3OP. The number of aromatic amines is 1. The van der Waals surface area contributed by atoms with E-state index in [9.17, 15) is 0 Å². The van der Waals surface area contributed by atoms with Crippen molar-refractivity contribution in [3.8, 4) is 0 Å². The number of benzene rings is 3. The second-order valence-corrected chi connectivity index (χ2v) is 10.8. The van der Waals surface area contributed by atoms with Crippen molar-refractivity contribution in [3.63, 3.8) is 0 Å². The molecule has 0 aliphatic carbocycles. The zero-order chi connectivity index (χ0) is 23.8. The maximum Gasteiger partial charge on any atom is 0.149 e. The summed E-state index contributed by atoms with van der Waals surface area (Å²) in [7, 11) is 0. The fraction of sp³-hybridized carbons (Fsp3) is 0.333. The smallest absolute Gasteiger partial charge is 0.149 e. The molecule has 0 fully saturated rings. The van der Waals surface area contributed by atoms with Gasteiger partial charge < -0.3 is 10.5 Å². The van der Waals surface area contributed by atoms with Crippen molar-refractivity contribution in [2.45, 2.75) is 65.7 Å². The lowest BCUT2D eigenvalue weighted by Crippen LogP contribution is -2.21.